The van der Waals surface area contributed by atoms with E-state index in [1.54, 1.807) is 18.2 Å². The maximum atomic E-state index is 13.8. The molecule has 4 heteroatoms. The average molecular weight is 585 g/mol. The van der Waals surface area contributed by atoms with Crippen LogP contribution in [0.15, 0.2) is 24.3 Å². The molecule has 1 rings (SSSR count). The van der Waals surface area contributed by atoms with E-state index in [1.807, 2.05) is 11.0 Å². The number of amides is 2. The van der Waals surface area contributed by atoms with Gasteiger partial charge in [0.15, 0.2) is 0 Å². The number of benzene rings is 1. The second-order valence-electron chi connectivity index (χ2n) is 14.3. The van der Waals surface area contributed by atoms with Gasteiger partial charge in [-0.25, -0.2) is 0 Å². The van der Waals surface area contributed by atoms with Gasteiger partial charge in [0, 0.05) is 13.1 Å². The van der Waals surface area contributed by atoms with Crippen LogP contribution in [0.3, 0.4) is 0 Å². The number of nitrogens with two attached hydrogens (primary N) is 1. The Morgan fingerprint density at radius 2 is 0.905 bits per heavy atom. The van der Waals surface area contributed by atoms with Crippen molar-refractivity contribution in [3.63, 3.8) is 0 Å². The number of nitrogens with zero attached hydrogens (tertiary/aromatic N) is 1. The summed E-state index contributed by atoms with van der Waals surface area (Å²) in [5.74, 6) is 3.44. The molecule has 1 aromatic rings. The minimum Gasteiger partial charge on any atom is -0.366 e. The van der Waals surface area contributed by atoms with Crippen molar-refractivity contribution in [2.75, 3.05) is 13.1 Å². The highest BCUT2D eigenvalue weighted by molar-refractivity contribution is 6.06. The molecule has 6 atom stereocenters. The quantitative estimate of drug-likeness (QED) is 0.131. The SMILES string of the molecule is CCC(C)CCCC(C)CCCC(C)CN(CC(C)CCCC(C)CCCC(C)CC)C(=O)c1ccccc1C(N)=O. The summed E-state index contributed by atoms with van der Waals surface area (Å²) < 4.78 is 0. The monoisotopic (exact) mass is 585 g/mol. The van der Waals surface area contributed by atoms with Gasteiger partial charge >= 0.3 is 0 Å². The number of rotatable bonds is 24. The molecule has 0 fully saturated rings. The normalized spacial score (nSPS) is 15.9. The summed E-state index contributed by atoms with van der Waals surface area (Å²) >= 11 is 0. The second kappa shape index (κ2) is 21.8. The largest absolute Gasteiger partial charge is 0.366 e. The zero-order valence-electron chi connectivity index (χ0n) is 28.9. The molecule has 1 aromatic carbocycles. The summed E-state index contributed by atoms with van der Waals surface area (Å²) in [5, 5.41) is 0. The van der Waals surface area contributed by atoms with Gasteiger partial charge in [-0.2, -0.15) is 0 Å². The van der Waals surface area contributed by atoms with Crippen molar-refractivity contribution in [3.8, 4) is 0 Å². The molecule has 0 heterocycles. The van der Waals surface area contributed by atoms with Crippen LogP contribution < -0.4 is 5.73 Å². The van der Waals surface area contributed by atoms with Gasteiger partial charge in [-0.05, 0) is 60.5 Å². The van der Waals surface area contributed by atoms with Crippen LogP contribution in [0.5, 0.6) is 0 Å². The maximum absolute atomic E-state index is 13.8. The van der Waals surface area contributed by atoms with Crippen LogP contribution in [-0.4, -0.2) is 29.8 Å². The molecule has 0 aliphatic rings. The molecule has 0 spiro atoms. The number of hydrogen-bond acceptors (Lipinski definition) is 2. The van der Waals surface area contributed by atoms with E-state index in [0.717, 1.165) is 49.6 Å². The second-order valence-corrected chi connectivity index (χ2v) is 14.3. The lowest BCUT2D eigenvalue weighted by Gasteiger charge is -2.30. The summed E-state index contributed by atoms with van der Waals surface area (Å²) in [6.45, 7) is 20.1. The first-order valence-corrected chi connectivity index (χ1v) is 17.7. The van der Waals surface area contributed by atoms with Crippen molar-refractivity contribution in [2.24, 2.45) is 41.2 Å². The molecular weight excluding hydrogens is 516 g/mol. The van der Waals surface area contributed by atoms with Crippen LogP contribution in [0, 0.1) is 35.5 Å². The fraction of sp³-hybridized carbons (Fsp3) is 0.789. The summed E-state index contributed by atoms with van der Waals surface area (Å²) in [5.41, 5.74) is 6.41. The lowest BCUT2D eigenvalue weighted by molar-refractivity contribution is 0.0694. The molecule has 2 N–H and O–H groups in total. The van der Waals surface area contributed by atoms with E-state index in [9.17, 15) is 9.59 Å². The van der Waals surface area contributed by atoms with Crippen molar-refractivity contribution >= 4 is 11.8 Å². The molecule has 2 amide bonds. The van der Waals surface area contributed by atoms with Crippen molar-refractivity contribution in [2.45, 2.75) is 145 Å². The minimum atomic E-state index is -0.537. The molecule has 6 unspecified atom stereocenters. The highest BCUT2D eigenvalue weighted by atomic mass is 16.2. The summed E-state index contributed by atoms with van der Waals surface area (Å²) in [6, 6.07) is 7.04. The van der Waals surface area contributed by atoms with E-state index >= 15 is 0 Å². The fourth-order valence-electron chi connectivity index (χ4n) is 6.19. The molecular formula is C38H68N2O2. The van der Waals surface area contributed by atoms with E-state index in [-0.39, 0.29) is 5.91 Å². The molecule has 42 heavy (non-hydrogen) atoms. The van der Waals surface area contributed by atoms with Crippen LogP contribution in [-0.2, 0) is 0 Å². The van der Waals surface area contributed by atoms with Gasteiger partial charge in [0.1, 0.15) is 0 Å². The Kier molecular flexibility index (Phi) is 19.8. The maximum Gasteiger partial charge on any atom is 0.254 e. The fourth-order valence-corrected chi connectivity index (χ4v) is 6.19. The summed E-state index contributed by atoms with van der Waals surface area (Å²) in [6.07, 6.45) is 17.7. The van der Waals surface area contributed by atoms with Crippen molar-refractivity contribution in [1.82, 2.24) is 4.90 Å². The molecule has 0 aliphatic carbocycles. The average Bonchev–Trinajstić information content (AvgIpc) is 2.96. The molecule has 0 saturated carbocycles. The van der Waals surface area contributed by atoms with Crippen molar-refractivity contribution in [1.29, 1.82) is 0 Å². The first kappa shape index (κ1) is 38.2. The Balaban J connectivity index is 2.71. The van der Waals surface area contributed by atoms with E-state index < -0.39 is 5.91 Å². The lowest BCUT2D eigenvalue weighted by atomic mass is 9.91. The molecule has 4 nitrogen and oxygen atoms in total. The number of carbonyl (C=O) groups is 2. The number of carbonyl (C=O) groups excluding carboxylic acids is 2. The predicted molar refractivity (Wildman–Crippen MR) is 182 cm³/mol. The zero-order valence-corrected chi connectivity index (χ0v) is 28.9. The topological polar surface area (TPSA) is 63.4 Å². The minimum absolute atomic E-state index is 0.0556. The first-order chi connectivity index (χ1) is 20.0. The highest BCUT2D eigenvalue weighted by Crippen LogP contribution is 2.24. The Morgan fingerprint density at radius 3 is 1.26 bits per heavy atom. The smallest absolute Gasteiger partial charge is 0.254 e. The van der Waals surface area contributed by atoms with Gasteiger partial charge in [-0.1, -0.05) is 145 Å². The predicted octanol–water partition coefficient (Wildman–Crippen LogP) is 10.5. The van der Waals surface area contributed by atoms with Gasteiger partial charge in [-0.15, -0.1) is 0 Å². The lowest BCUT2D eigenvalue weighted by Crippen LogP contribution is -2.39. The van der Waals surface area contributed by atoms with Crippen LogP contribution in [0.2, 0.25) is 0 Å². The van der Waals surface area contributed by atoms with Crippen LogP contribution in [0.4, 0.5) is 0 Å². The van der Waals surface area contributed by atoms with Crippen LogP contribution in [0.25, 0.3) is 0 Å². The van der Waals surface area contributed by atoms with Crippen LogP contribution in [0.1, 0.15) is 166 Å². The first-order valence-electron chi connectivity index (χ1n) is 17.7. The Labute approximate surface area is 261 Å². The Morgan fingerprint density at radius 1 is 0.571 bits per heavy atom. The van der Waals surface area contributed by atoms with Crippen molar-refractivity contribution in [3.05, 3.63) is 35.4 Å². The third-order valence-corrected chi connectivity index (χ3v) is 9.74. The summed E-state index contributed by atoms with van der Waals surface area (Å²) in [7, 11) is 0. The van der Waals surface area contributed by atoms with Gasteiger partial charge in [0.05, 0.1) is 11.1 Å². The van der Waals surface area contributed by atoms with Crippen molar-refractivity contribution < 1.29 is 9.59 Å². The summed E-state index contributed by atoms with van der Waals surface area (Å²) in [4.78, 5) is 27.9. The van der Waals surface area contributed by atoms with Gasteiger partial charge in [-0.3, -0.25) is 9.59 Å². The Hall–Kier alpha value is -1.84. The molecule has 0 aliphatic heterocycles. The third kappa shape index (κ3) is 16.1. The van der Waals surface area contributed by atoms with Gasteiger partial charge in [0.25, 0.3) is 5.91 Å². The Bertz CT molecular complexity index is 832. The molecule has 0 bridgehead atoms. The van der Waals surface area contributed by atoms with E-state index in [1.165, 1.54) is 77.0 Å². The highest BCUT2D eigenvalue weighted by Gasteiger charge is 2.24. The van der Waals surface area contributed by atoms with E-state index in [0.29, 0.717) is 23.0 Å². The van der Waals surface area contributed by atoms with Crippen LogP contribution >= 0.6 is 0 Å². The molecule has 0 saturated heterocycles. The molecule has 0 radical (unpaired) electrons. The molecule has 242 valence electrons. The zero-order chi connectivity index (χ0) is 31.5. The number of primary amides is 1. The molecule has 0 aromatic heterocycles. The number of hydrogen-bond donors (Lipinski definition) is 1. The standard InChI is InChI=1S/C38H68N2O2/c1-9-29(3)17-13-19-31(5)21-15-23-33(7)27-40(38(42)36-26-12-11-25-35(36)37(39)41)28-34(8)24-16-22-32(6)20-14-18-30(4)10-2/h11-12,25-26,29-34H,9-10,13-24,27-28H2,1-8H3,(H2,39,41). The van der Waals surface area contributed by atoms with Gasteiger partial charge in [0.2, 0.25) is 5.91 Å². The van der Waals surface area contributed by atoms with E-state index in [2.05, 4.69) is 55.4 Å². The van der Waals surface area contributed by atoms with E-state index in [4.69, 9.17) is 5.73 Å². The third-order valence-electron chi connectivity index (χ3n) is 9.74. The van der Waals surface area contributed by atoms with Gasteiger partial charge < -0.3 is 10.6 Å².